The van der Waals surface area contributed by atoms with Crippen LogP contribution in [0.1, 0.15) is 47.0 Å². The number of nitrogens with zero attached hydrogens (tertiary/aromatic N) is 1. The Bertz CT molecular complexity index is 300. The number of rotatable bonds is 3. The molecule has 0 aromatic carbocycles. The van der Waals surface area contributed by atoms with Gasteiger partial charge in [-0.2, -0.15) is 0 Å². The lowest BCUT2D eigenvalue weighted by Crippen LogP contribution is -2.36. The predicted octanol–water partition coefficient (Wildman–Crippen LogP) is 2.35. The fraction of sp³-hybridized carbons (Fsp3) is 0.786. The van der Waals surface area contributed by atoms with Gasteiger partial charge in [-0.1, -0.05) is 32.4 Å². The molecule has 0 bridgehead atoms. The Balaban J connectivity index is 2.46. The maximum Gasteiger partial charge on any atom is 0.222 e. The van der Waals surface area contributed by atoms with Gasteiger partial charge in [0.15, 0.2) is 0 Å². The standard InChI is InChI=1S/C14H25NO2/c1-11(16)5-6-13(17)15-9-7-12(8-10-15)14(2,3)4/h7,11,16H,5-6,8-10H2,1-4H3. The monoisotopic (exact) mass is 239 g/mol. The lowest BCUT2D eigenvalue weighted by Gasteiger charge is -2.32. The quantitative estimate of drug-likeness (QED) is 0.768. The molecule has 1 amide bonds. The zero-order valence-corrected chi connectivity index (χ0v) is 11.5. The molecule has 1 aliphatic heterocycles. The Morgan fingerprint density at radius 1 is 1.53 bits per heavy atom. The Morgan fingerprint density at radius 3 is 2.59 bits per heavy atom. The van der Waals surface area contributed by atoms with Gasteiger partial charge < -0.3 is 10.0 Å². The highest BCUT2D eigenvalue weighted by atomic mass is 16.3. The summed E-state index contributed by atoms with van der Waals surface area (Å²) < 4.78 is 0. The van der Waals surface area contributed by atoms with Crippen molar-refractivity contribution in [3.8, 4) is 0 Å². The van der Waals surface area contributed by atoms with Crippen molar-refractivity contribution in [2.75, 3.05) is 13.1 Å². The zero-order chi connectivity index (χ0) is 13.1. The van der Waals surface area contributed by atoms with Gasteiger partial charge in [-0.05, 0) is 25.2 Å². The van der Waals surface area contributed by atoms with Crippen molar-refractivity contribution >= 4 is 5.91 Å². The highest BCUT2D eigenvalue weighted by Gasteiger charge is 2.23. The van der Waals surface area contributed by atoms with Crippen molar-refractivity contribution in [3.63, 3.8) is 0 Å². The molecule has 98 valence electrons. The van der Waals surface area contributed by atoms with Crippen LogP contribution in [0.2, 0.25) is 0 Å². The van der Waals surface area contributed by atoms with Crippen LogP contribution in [0.4, 0.5) is 0 Å². The molecule has 0 aromatic heterocycles. The summed E-state index contributed by atoms with van der Waals surface area (Å²) in [6.45, 7) is 9.91. The van der Waals surface area contributed by atoms with Crippen molar-refractivity contribution in [1.82, 2.24) is 4.90 Å². The Labute approximate surface area is 105 Å². The van der Waals surface area contributed by atoms with E-state index in [2.05, 4.69) is 26.8 Å². The van der Waals surface area contributed by atoms with Crippen LogP contribution in [0.3, 0.4) is 0 Å². The lowest BCUT2D eigenvalue weighted by atomic mass is 9.83. The summed E-state index contributed by atoms with van der Waals surface area (Å²) in [7, 11) is 0. The molecular weight excluding hydrogens is 214 g/mol. The van der Waals surface area contributed by atoms with Crippen LogP contribution < -0.4 is 0 Å². The van der Waals surface area contributed by atoms with E-state index in [0.717, 1.165) is 19.5 Å². The fourth-order valence-corrected chi connectivity index (χ4v) is 2.07. The molecule has 0 aliphatic carbocycles. The summed E-state index contributed by atoms with van der Waals surface area (Å²) >= 11 is 0. The fourth-order valence-electron chi connectivity index (χ4n) is 2.07. The normalized spacial score (nSPS) is 18.9. The maximum absolute atomic E-state index is 11.8. The summed E-state index contributed by atoms with van der Waals surface area (Å²) in [5.41, 5.74) is 1.66. The van der Waals surface area contributed by atoms with Gasteiger partial charge in [0.1, 0.15) is 0 Å². The van der Waals surface area contributed by atoms with Crippen LogP contribution in [0.15, 0.2) is 11.6 Å². The molecule has 1 aliphatic rings. The molecule has 1 unspecified atom stereocenters. The van der Waals surface area contributed by atoms with Crippen LogP contribution in [-0.4, -0.2) is 35.1 Å². The number of hydrogen-bond acceptors (Lipinski definition) is 2. The number of hydrogen-bond donors (Lipinski definition) is 1. The second-order valence-corrected chi connectivity index (χ2v) is 5.96. The molecule has 1 heterocycles. The van der Waals surface area contributed by atoms with Crippen molar-refractivity contribution in [2.45, 2.75) is 53.1 Å². The summed E-state index contributed by atoms with van der Waals surface area (Å²) in [5.74, 6) is 0.162. The molecule has 0 spiro atoms. The Kier molecular flexibility index (Phi) is 4.75. The summed E-state index contributed by atoms with van der Waals surface area (Å²) in [5, 5.41) is 9.17. The highest BCUT2D eigenvalue weighted by Crippen LogP contribution is 2.30. The van der Waals surface area contributed by atoms with Gasteiger partial charge in [0.05, 0.1) is 6.10 Å². The van der Waals surface area contributed by atoms with E-state index in [4.69, 9.17) is 5.11 Å². The zero-order valence-electron chi connectivity index (χ0n) is 11.5. The van der Waals surface area contributed by atoms with E-state index in [0.29, 0.717) is 12.8 Å². The topological polar surface area (TPSA) is 40.5 Å². The average Bonchev–Trinajstić information content (AvgIpc) is 2.25. The van der Waals surface area contributed by atoms with E-state index in [1.54, 1.807) is 6.92 Å². The van der Waals surface area contributed by atoms with E-state index in [1.165, 1.54) is 5.57 Å². The van der Waals surface area contributed by atoms with Gasteiger partial charge in [0, 0.05) is 19.5 Å². The van der Waals surface area contributed by atoms with E-state index in [1.807, 2.05) is 4.90 Å². The summed E-state index contributed by atoms with van der Waals surface area (Å²) in [6.07, 6.45) is 3.79. The van der Waals surface area contributed by atoms with Crippen LogP contribution in [0.25, 0.3) is 0 Å². The first-order valence-corrected chi connectivity index (χ1v) is 6.46. The van der Waals surface area contributed by atoms with Crippen LogP contribution in [0, 0.1) is 5.41 Å². The number of aliphatic hydroxyl groups is 1. The minimum Gasteiger partial charge on any atom is -0.393 e. The second-order valence-electron chi connectivity index (χ2n) is 5.96. The molecule has 0 saturated heterocycles. The number of carbonyl (C=O) groups excluding carboxylic acids is 1. The average molecular weight is 239 g/mol. The van der Waals surface area contributed by atoms with E-state index in [-0.39, 0.29) is 17.4 Å². The highest BCUT2D eigenvalue weighted by molar-refractivity contribution is 5.76. The van der Waals surface area contributed by atoms with E-state index >= 15 is 0 Å². The molecule has 0 fully saturated rings. The molecule has 1 rings (SSSR count). The van der Waals surface area contributed by atoms with Crippen molar-refractivity contribution in [3.05, 3.63) is 11.6 Å². The first-order valence-electron chi connectivity index (χ1n) is 6.46. The third-order valence-corrected chi connectivity index (χ3v) is 3.30. The molecule has 0 radical (unpaired) electrons. The first kappa shape index (κ1) is 14.2. The smallest absolute Gasteiger partial charge is 0.222 e. The molecule has 17 heavy (non-hydrogen) atoms. The van der Waals surface area contributed by atoms with Gasteiger partial charge in [0.25, 0.3) is 0 Å². The third kappa shape index (κ3) is 4.50. The van der Waals surface area contributed by atoms with Crippen LogP contribution in [0.5, 0.6) is 0 Å². The molecule has 0 aromatic rings. The molecule has 1 atom stereocenters. The second kappa shape index (κ2) is 5.67. The third-order valence-electron chi connectivity index (χ3n) is 3.30. The van der Waals surface area contributed by atoms with Crippen molar-refractivity contribution < 1.29 is 9.90 Å². The van der Waals surface area contributed by atoms with Gasteiger partial charge in [-0.15, -0.1) is 0 Å². The van der Waals surface area contributed by atoms with Gasteiger partial charge in [-0.25, -0.2) is 0 Å². The molecular formula is C14H25NO2. The lowest BCUT2D eigenvalue weighted by molar-refractivity contribution is -0.131. The maximum atomic E-state index is 11.8. The molecule has 1 N–H and O–H groups in total. The number of amides is 1. The van der Waals surface area contributed by atoms with Gasteiger partial charge in [0.2, 0.25) is 5.91 Å². The van der Waals surface area contributed by atoms with Crippen molar-refractivity contribution in [1.29, 1.82) is 0 Å². The van der Waals surface area contributed by atoms with Gasteiger partial charge in [-0.3, -0.25) is 4.79 Å². The first-order chi connectivity index (χ1) is 7.80. The molecule has 3 heteroatoms. The van der Waals surface area contributed by atoms with Crippen LogP contribution in [-0.2, 0) is 4.79 Å². The van der Waals surface area contributed by atoms with Crippen LogP contribution >= 0.6 is 0 Å². The van der Waals surface area contributed by atoms with Gasteiger partial charge >= 0.3 is 0 Å². The molecule has 0 saturated carbocycles. The number of aliphatic hydroxyl groups excluding tert-OH is 1. The largest absolute Gasteiger partial charge is 0.393 e. The Hall–Kier alpha value is -0.830. The van der Waals surface area contributed by atoms with E-state index in [9.17, 15) is 4.79 Å². The summed E-state index contributed by atoms with van der Waals surface area (Å²) in [6, 6.07) is 0. The predicted molar refractivity (Wildman–Crippen MR) is 69.6 cm³/mol. The molecule has 3 nitrogen and oxygen atoms in total. The van der Waals surface area contributed by atoms with E-state index < -0.39 is 0 Å². The summed E-state index contributed by atoms with van der Waals surface area (Å²) in [4.78, 5) is 13.7. The van der Waals surface area contributed by atoms with Crippen molar-refractivity contribution in [2.24, 2.45) is 5.41 Å². The number of carbonyl (C=O) groups is 1. The minimum absolute atomic E-state index is 0.162. The minimum atomic E-state index is -0.385. The SMILES string of the molecule is CC(O)CCC(=O)N1CC=C(C(C)(C)C)CC1. The Morgan fingerprint density at radius 2 is 2.18 bits per heavy atom.